The van der Waals surface area contributed by atoms with Gasteiger partial charge in [-0.1, -0.05) is 13.8 Å². The van der Waals surface area contributed by atoms with Gasteiger partial charge in [-0.05, 0) is 38.7 Å². The molecule has 1 fully saturated rings. The molecule has 0 amide bonds. The van der Waals surface area contributed by atoms with E-state index in [1.54, 1.807) is 0 Å². The molecule has 1 N–H and O–H groups in total. The van der Waals surface area contributed by atoms with Crippen LogP contribution >= 0.6 is 11.8 Å². The molecule has 0 aromatic rings. The Morgan fingerprint density at radius 1 is 1.57 bits per heavy atom. The van der Waals surface area contributed by atoms with Crippen LogP contribution in [0.3, 0.4) is 0 Å². The van der Waals surface area contributed by atoms with Crippen molar-refractivity contribution in [3.8, 4) is 0 Å². The zero-order valence-electron chi connectivity index (χ0n) is 9.75. The summed E-state index contributed by atoms with van der Waals surface area (Å²) in [5.41, 5.74) is 0. The Hall–Kier alpha value is 0.270. The minimum atomic E-state index is 0.754. The minimum absolute atomic E-state index is 0.754. The quantitative estimate of drug-likeness (QED) is 0.729. The number of rotatable bonds is 6. The van der Waals surface area contributed by atoms with Gasteiger partial charge in [0.05, 0.1) is 0 Å². The normalized spacial score (nSPS) is 25.5. The average molecular weight is 216 g/mol. The lowest BCUT2D eigenvalue weighted by atomic mass is 10.3. The number of likely N-dealkylation sites (tertiary alicyclic amines) is 1. The predicted octanol–water partition coefficient (Wildman–Crippen LogP) is 1.81. The fourth-order valence-electron chi connectivity index (χ4n) is 1.97. The van der Waals surface area contributed by atoms with Crippen LogP contribution in [0.25, 0.3) is 0 Å². The van der Waals surface area contributed by atoms with Crippen LogP contribution in [-0.4, -0.2) is 48.6 Å². The maximum atomic E-state index is 3.53. The Morgan fingerprint density at radius 3 is 3.00 bits per heavy atom. The molecule has 0 aromatic carbocycles. The molecule has 0 saturated carbocycles. The number of likely N-dealkylation sites (N-methyl/N-ethyl adjacent to an activating group) is 1. The molecule has 14 heavy (non-hydrogen) atoms. The van der Waals surface area contributed by atoms with Crippen LogP contribution in [0.2, 0.25) is 0 Å². The largest absolute Gasteiger partial charge is 0.313 e. The van der Waals surface area contributed by atoms with Gasteiger partial charge in [0.15, 0.2) is 0 Å². The second kappa shape index (κ2) is 6.70. The lowest BCUT2D eigenvalue weighted by Gasteiger charge is -2.18. The summed E-state index contributed by atoms with van der Waals surface area (Å²) >= 11 is 1.98. The summed E-state index contributed by atoms with van der Waals surface area (Å²) in [5.74, 6) is 0. The second-order valence-corrected chi connectivity index (χ2v) is 5.46. The molecular weight excluding hydrogens is 192 g/mol. The second-order valence-electron chi connectivity index (χ2n) is 4.18. The molecule has 0 spiro atoms. The van der Waals surface area contributed by atoms with Gasteiger partial charge < -0.3 is 10.2 Å². The van der Waals surface area contributed by atoms with Gasteiger partial charge in [-0.15, -0.1) is 0 Å². The summed E-state index contributed by atoms with van der Waals surface area (Å²) < 4.78 is 0. The molecule has 1 heterocycles. The lowest BCUT2D eigenvalue weighted by Crippen LogP contribution is -2.32. The van der Waals surface area contributed by atoms with Crippen molar-refractivity contribution in [1.29, 1.82) is 0 Å². The summed E-state index contributed by atoms with van der Waals surface area (Å²) in [7, 11) is 0. The highest BCUT2D eigenvalue weighted by atomic mass is 32.2. The van der Waals surface area contributed by atoms with Gasteiger partial charge in [-0.2, -0.15) is 11.8 Å². The SMILES string of the molecule is CCNC1CCN(CCC(C)SC)C1. The molecule has 3 heteroatoms. The molecular formula is C11H24N2S. The first-order valence-electron chi connectivity index (χ1n) is 5.74. The van der Waals surface area contributed by atoms with Crippen LogP contribution in [0.4, 0.5) is 0 Å². The molecule has 2 nitrogen and oxygen atoms in total. The highest BCUT2D eigenvalue weighted by Gasteiger charge is 2.21. The van der Waals surface area contributed by atoms with Gasteiger partial charge in [-0.3, -0.25) is 0 Å². The third-order valence-electron chi connectivity index (χ3n) is 3.02. The van der Waals surface area contributed by atoms with Crippen molar-refractivity contribution in [2.24, 2.45) is 0 Å². The number of nitrogens with one attached hydrogen (secondary N) is 1. The summed E-state index contributed by atoms with van der Waals surface area (Å²) in [6, 6.07) is 0.754. The number of hydrogen-bond acceptors (Lipinski definition) is 3. The molecule has 1 aliphatic heterocycles. The summed E-state index contributed by atoms with van der Waals surface area (Å²) in [6.45, 7) is 9.46. The van der Waals surface area contributed by atoms with E-state index in [0.717, 1.165) is 17.8 Å². The van der Waals surface area contributed by atoms with Crippen LogP contribution in [-0.2, 0) is 0 Å². The number of hydrogen-bond donors (Lipinski definition) is 1. The lowest BCUT2D eigenvalue weighted by molar-refractivity contribution is 0.324. The number of nitrogens with zero attached hydrogens (tertiary/aromatic N) is 1. The first kappa shape index (κ1) is 12.3. The Balaban J connectivity index is 2.09. The molecule has 2 atom stereocenters. The molecule has 0 aliphatic carbocycles. The molecule has 0 aromatic heterocycles. The highest BCUT2D eigenvalue weighted by Crippen LogP contribution is 2.14. The minimum Gasteiger partial charge on any atom is -0.313 e. The molecule has 0 bridgehead atoms. The van der Waals surface area contributed by atoms with Crippen molar-refractivity contribution >= 4 is 11.8 Å². The zero-order valence-corrected chi connectivity index (χ0v) is 10.6. The third kappa shape index (κ3) is 4.20. The Morgan fingerprint density at radius 2 is 2.36 bits per heavy atom. The summed E-state index contributed by atoms with van der Waals surface area (Å²) in [4.78, 5) is 2.60. The summed E-state index contributed by atoms with van der Waals surface area (Å²) in [5, 5.41) is 4.34. The van der Waals surface area contributed by atoms with Crippen molar-refractivity contribution in [1.82, 2.24) is 10.2 Å². The van der Waals surface area contributed by atoms with Crippen molar-refractivity contribution in [2.75, 3.05) is 32.4 Å². The average Bonchev–Trinajstić information content (AvgIpc) is 2.63. The van der Waals surface area contributed by atoms with Crippen molar-refractivity contribution in [2.45, 2.75) is 38.0 Å². The van der Waals surface area contributed by atoms with Crippen LogP contribution in [0.15, 0.2) is 0 Å². The molecule has 0 radical (unpaired) electrons. The summed E-state index contributed by atoms with van der Waals surface area (Å²) in [6.07, 6.45) is 4.87. The third-order valence-corrected chi connectivity index (χ3v) is 4.06. The van der Waals surface area contributed by atoms with E-state index < -0.39 is 0 Å². The van der Waals surface area contributed by atoms with Crippen molar-refractivity contribution in [3.05, 3.63) is 0 Å². The van der Waals surface area contributed by atoms with Crippen molar-refractivity contribution in [3.63, 3.8) is 0 Å². The van der Waals surface area contributed by atoms with Gasteiger partial charge in [0.1, 0.15) is 0 Å². The van der Waals surface area contributed by atoms with Crippen molar-refractivity contribution < 1.29 is 0 Å². The van der Waals surface area contributed by atoms with Crippen LogP contribution in [0, 0.1) is 0 Å². The fraction of sp³-hybridized carbons (Fsp3) is 1.00. The van der Waals surface area contributed by atoms with Crippen LogP contribution < -0.4 is 5.32 Å². The molecule has 1 rings (SSSR count). The maximum Gasteiger partial charge on any atom is 0.0207 e. The highest BCUT2D eigenvalue weighted by molar-refractivity contribution is 7.99. The molecule has 2 unspecified atom stereocenters. The van der Waals surface area contributed by atoms with Gasteiger partial charge >= 0.3 is 0 Å². The van der Waals surface area contributed by atoms with E-state index >= 15 is 0 Å². The van der Waals surface area contributed by atoms with Gasteiger partial charge in [0, 0.05) is 17.8 Å². The molecule has 1 saturated heterocycles. The van der Waals surface area contributed by atoms with E-state index in [-0.39, 0.29) is 0 Å². The Kier molecular flexibility index (Phi) is 5.90. The smallest absolute Gasteiger partial charge is 0.0207 e. The fourth-order valence-corrected chi connectivity index (χ4v) is 2.31. The van der Waals surface area contributed by atoms with Gasteiger partial charge in [-0.25, -0.2) is 0 Å². The van der Waals surface area contributed by atoms with E-state index in [0.29, 0.717) is 0 Å². The topological polar surface area (TPSA) is 15.3 Å². The molecule has 1 aliphatic rings. The van der Waals surface area contributed by atoms with E-state index in [4.69, 9.17) is 0 Å². The zero-order chi connectivity index (χ0) is 10.4. The first-order chi connectivity index (χ1) is 6.76. The molecule has 84 valence electrons. The van der Waals surface area contributed by atoms with E-state index in [1.165, 1.54) is 32.5 Å². The standard InChI is InChI=1S/C11H24N2S/c1-4-12-11-6-8-13(9-11)7-5-10(2)14-3/h10-12H,4-9H2,1-3H3. The van der Waals surface area contributed by atoms with Crippen LogP contribution in [0.1, 0.15) is 26.7 Å². The van der Waals surface area contributed by atoms with Gasteiger partial charge in [0.2, 0.25) is 0 Å². The number of thioether (sulfide) groups is 1. The maximum absolute atomic E-state index is 3.53. The first-order valence-corrected chi connectivity index (χ1v) is 7.03. The Labute approximate surface area is 92.8 Å². The van der Waals surface area contributed by atoms with E-state index in [2.05, 4.69) is 30.3 Å². The Bertz CT molecular complexity index is 152. The van der Waals surface area contributed by atoms with E-state index in [9.17, 15) is 0 Å². The van der Waals surface area contributed by atoms with E-state index in [1.807, 2.05) is 11.8 Å². The monoisotopic (exact) mass is 216 g/mol. The van der Waals surface area contributed by atoms with Crippen LogP contribution in [0.5, 0.6) is 0 Å². The predicted molar refractivity (Wildman–Crippen MR) is 66.1 cm³/mol. The van der Waals surface area contributed by atoms with Gasteiger partial charge in [0.25, 0.3) is 0 Å².